The molecule has 3 heterocycles. The van der Waals surface area contributed by atoms with Crippen molar-refractivity contribution < 1.29 is 9.59 Å². The van der Waals surface area contributed by atoms with Crippen LogP contribution in [0.25, 0.3) is 0 Å². The van der Waals surface area contributed by atoms with Gasteiger partial charge in [-0.1, -0.05) is 18.9 Å². The fourth-order valence-corrected chi connectivity index (χ4v) is 4.76. The SMILES string of the molecule is O=C(NCc1cccnc1)C1CCCN(C2CCN(C(=O)CCC3CC3)CC2)C1. The fourth-order valence-electron chi connectivity index (χ4n) is 4.76. The Hall–Kier alpha value is -1.95. The van der Waals surface area contributed by atoms with E-state index < -0.39 is 0 Å². The molecule has 0 radical (unpaired) electrons. The largest absolute Gasteiger partial charge is 0.352 e. The Morgan fingerprint density at radius 3 is 2.66 bits per heavy atom. The molecule has 0 bridgehead atoms. The average Bonchev–Trinajstić information content (AvgIpc) is 3.61. The average molecular weight is 399 g/mol. The molecule has 2 aliphatic heterocycles. The van der Waals surface area contributed by atoms with E-state index >= 15 is 0 Å². The predicted molar refractivity (Wildman–Crippen MR) is 112 cm³/mol. The number of piperidine rings is 2. The highest BCUT2D eigenvalue weighted by molar-refractivity contribution is 5.79. The molecule has 2 amide bonds. The van der Waals surface area contributed by atoms with Crippen molar-refractivity contribution in [1.29, 1.82) is 0 Å². The summed E-state index contributed by atoms with van der Waals surface area (Å²) in [5, 5.41) is 3.08. The van der Waals surface area contributed by atoms with Gasteiger partial charge in [-0.15, -0.1) is 0 Å². The summed E-state index contributed by atoms with van der Waals surface area (Å²) >= 11 is 0. The minimum Gasteiger partial charge on any atom is -0.352 e. The van der Waals surface area contributed by atoms with Crippen LogP contribution in [-0.4, -0.2) is 58.8 Å². The molecule has 1 saturated carbocycles. The van der Waals surface area contributed by atoms with Crippen molar-refractivity contribution in [3.8, 4) is 0 Å². The van der Waals surface area contributed by atoms with Gasteiger partial charge >= 0.3 is 0 Å². The summed E-state index contributed by atoms with van der Waals surface area (Å²) in [6.45, 7) is 4.22. The van der Waals surface area contributed by atoms with Crippen LogP contribution in [0.4, 0.5) is 0 Å². The Bertz CT molecular complexity index is 683. The van der Waals surface area contributed by atoms with Crippen molar-refractivity contribution in [3.63, 3.8) is 0 Å². The van der Waals surface area contributed by atoms with Crippen LogP contribution < -0.4 is 5.32 Å². The maximum Gasteiger partial charge on any atom is 0.224 e. The van der Waals surface area contributed by atoms with Crippen LogP contribution in [0.3, 0.4) is 0 Å². The number of nitrogens with zero attached hydrogens (tertiary/aromatic N) is 3. The Morgan fingerprint density at radius 1 is 1.10 bits per heavy atom. The normalized spacial score (nSPS) is 23.7. The number of nitrogens with one attached hydrogen (secondary N) is 1. The lowest BCUT2D eigenvalue weighted by atomic mass is 9.93. The van der Waals surface area contributed by atoms with Crippen molar-refractivity contribution in [2.75, 3.05) is 26.2 Å². The van der Waals surface area contributed by atoms with Gasteiger partial charge in [-0.3, -0.25) is 19.5 Å². The zero-order valence-corrected chi connectivity index (χ0v) is 17.4. The van der Waals surface area contributed by atoms with Crippen molar-refractivity contribution in [2.24, 2.45) is 11.8 Å². The Labute approximate surface area is 174 Å². The molecule has 0 aromatic carbocycles. The topological polar surface area (TPSA) is 65.5 Å². The second kappa shape index (κ2) is 9.70. The number of carbonyl (C=O) groups is 2. The van der Waals surface area contributed by atoms with Crippen molar-refractivity contribution in [2.45, 2.75) is 64.0 Å². The first-order valence-corrected chi connectivity index (χ1v) is 11.4. The van der Waals surface area contributed by atoms with Gasteiger partial charge in [0.2, 0.25) is 11.8 Å². The summed E-state index contributed by atoms with van der Waals surface area (Å²) in [4.78, 5) is 33.7. The molecule has 158 valence electrons. The summed E-state index contributed by atoms with van der Waals surface area (Å²) in [6, 6.07) is 4.39. The molecular weight excluding hydrogens is 364 g/mol. The number of pyridine rings is 1. The summed E-state index contributed by atoms with van der Waals surface area (Å²) in [7, 11) is 0. The van der Waals surface area contributed by atoms with Crippen LogP contribution >= 0.6 is 0 Å². The van der Waals surface area contributed by atoms with Crippen LogP contribution in [0.5, 0.6) is 0 Å². The van der Waals surface area contributed by atoms with Gasteiger partial charge in [0.15, 0.2) is 0 Å². The van der Waals surface area contributed by atoms with Gasteiger partial charge in [0.25, 0.3) is 0 Å². The molecule has 1 aliphatic carbocycles. The van der Waals surface area contributed by atoms with Gasteiger partial charge in [0.05, 0.1) is 5.92 Å². The summed E-state index contributed by atoms with van der Waals surface area (Å²) in [5.41, 5.74) is 1.03. The monoisotopic (exact) mass is 398 g/mol. The van der Waals surface area contributed by atoms with Gasteiger partial charge in [-0.05, 0) is 56.2 Å². The molecule has 6 heteroatoms. The molecule has 0 spiro atoms. The van der Waals surface area contributed by atoms with Gasteiger partial charge in [0.1, 0.15) is 0 Å². The Morgan fingerprint density at radius 2 is 1.93 bits per heavy atom. The minimum atomic E-state index is 0.0682. The van der Waals surface area contributed by atoms with Gasteiger partial charge in [0, 0.05) is 51.0 Å². The number of amides is 2. The molecule has 1 aromatic rings. The van der Waals surface area contributed by atoms with E-state index in [1.54, 1.807) is 12.4 Å². The highest BCUT2D eigenvalue weighted by atomic mass is 16.2. The minimum absolute atomic E-state index is 0.0682. The highest BCUT2D eigenvalue weighted by Crippen LogP contribution is 2.34. The molecule has 1 unspecified atom stereocenters. The quantitative estimate of drug-likeness (QED) is 0.767. The van der Waals surface area contributed by atoms with E-state index in [1.807, 2.05) is 12.1 Å². The lowest BCUT2D eigenvalue weighted by Crippen LogP contribution is -2.51. The van der Waals surface area contributed by atoms with Crippen LogP contribution in [-0.2, 0) is 16.1 Å². The summed E-state index contributed by atoms with van der Waals surface area (Å²) < 4.78 is 0. The lowest BCUT2D eigenvalue weighted by Gasteiger charge is -2.42. The number of rotatable bonds is 7. The zero-order valence-electron chi connectivity index (χ0n) is 17.4. The standard InChI is InChI=1S/C23H34N4O2/c28-22(8-7-18-5-6-18)26-13-9-21(10-14-26)27-12-2-4-20(17-27)23(29)25-16-19-3-1-11-24-15-19/h1,3,11,15,18,20-21H,2,4-10,12-14,16-17H2,(H,25,29). The van der Waals surface area contributed by atoms with Crippen LogP contribution in [0.15, 0.2) is 24.5 Å². The molecule has 1 aromatic heterocycles. The van der Waals surface area contributed by atoms with Crippen molar-refractivity contribution >= 4 is 11.8 Å². The molecule has 29 heavy (non-hydrogen) atoms. The van der Waals surface area contributed by atoms with Gasteiger partial charge in [-0.25, -0.2) is 0 Å². The molecule has 3 aliphatic rings. The third kappa shape index (κ3) is 5.78. The zero-order chi connectivity index (χ0) is 20.1. The van der Waals surface area contributed by atoms with Gasteiger partial charge < -0.3 is 10.2 Å². The van der Waals surface area contributed by atoms with E-state index in [9.17, 15) is 9.59 Å². The molecule has 1 atom stereocenters. The Kier molecular flexibility index (Phi) is 6.80. The third-order valence-corrected chi connectivity index (χ3v) is 6.81. The molecule has 4 rings (SSSR count). The van der Waals surface area contributed by atoms with E-state index in [0.29, 0.717) is 18.5 Å². The van der Waals surface area contributed by atoms with Crippen LogP contribution in [0, 0.1) is 11.8 Å². The molecule has 3 fully saturated rings. The maximum atomic E-state index is 12.7. The number of hydrogen-bond acceptors (Lipinski definition) is 4. The third-order valence-electron chi connectivity index (χ3n) is 6.81. The lowest BCUT2D eigenvalue weighted by molar-refractivity contribution is -0.133. The van der Waals surface area contributed by atoms with Crippen LogP contribution in [0.1, 0.15) is 56.9 Å². The second-order valence-electron chi connectivity index (χ2n) is 9.01. The van der Waals surface area contributed by atoms with Crippen molar-refractivity contribution in [3.05, 3.63) is 30.1 Å². The molecule has 6 nitrogen and oxygen atoms in total. The van der Waals surface area contributed by atoms with E-state index in [2.05, 4.69) is 20.1 Å². The van der Waals surface area contributed by atoms with Gasteiger partial charge in [-0.2, -0.15) is 0 Å². The summed E-state index contributed by atoms with van der Waals surface area (Å²) in [6.07, 6.45) is 12.1. The molecule has 1 N–H and O–H groups in total. The van der Waals surface area contributed by atoms with E-state index in [-0.39, 0.29) is 11.8 Å². The predicted octanol–water partition coefficient (Wildman–Crippen LogP) is 2.59. The van der Waals surface area contributed by atoms with E-state index in [1.165, 1.54) is 12.8 Å². The number of carbonyl (C=O) groups excluding carboxylic acids is 2. The first kappa shape index (κ1) is 20.3. The highest BCUT2D eigenvalue weighted by Gasteiger charge is 2.32. The van der Waals surface area contributed by atoms with Crippen LogP contribution in [0.2, 0.25) is 0 Å². The number of hydrogen-bond donors (Lipinski definition) is 1. The van der Waals surface area contributed by atoms with Crippen molar-refractivity contribution in [1.82, 2.24) is 20.1 Å². The first-order chi connectivity index (χ1) is 14.2. The maximum absolute atomic E-state index is 12.7. The number of aromatic nitrogens is 1. The molecular formula is C23H34N4O2. The molecule has 2 saturated heterocycles. The Balaban J connectivity index is 1.20. The first-order valence-electron chi connectivity index (χ1n) is 11.4. The van der Waals surface area contributed by atoms with E-state index in [0.717, 1.165) is 76.2 Å². The fraction of sp³-hybridized carbons (Fsp3) is 0.696. The summed E-state index contributed by atoms with van der Waals surface area (Å²) in [5.74, 6) is 1.40. The van der Waals surface area contributed by atoms with E-state index in [4.69, 9.17) is 0 Å². The number of likely N-dealkylation sites (tertiary alicyclic amines) is 2. The second-order valence-corrected chi connectivity index (χ2v) is 9.01. The smallest absolute Gasteiger partial charge is 0.224 e.